The highest BCUT2D eigenvalue weighted by Gasteiger charge is 2.11. The Kier molecular flexibility index (Phi) is 4.42. The number of carboxylic acids is 1. The van der Waals surface area contributed by atoms with E-state index in [2.05, 4.69) is 0 Å². The molecule has 1 N–H and O–H groups in total. The molecule has 0 fully saturated rings. The predicted molar refractivity (Wildman–Crippen MR) is 76.6 cm³/mol. The van der Waals surface area contributed by atoms with Crippen molar-refractivity contribution in [3.8, 4) is 0 Å². The van der Waals surface area contributed by atoms with Crippen LogP contribution in [-0.4, -0.2) is 17.6 Å². The molecule has 2 aromatic rings. The fourth-order valence-corrected chi connectivity index (χ4v) is 1.98. The van der Waals surface area contributed by atoms with Gasteiger partial charge in [-0.25, -0.2) is 0 Å². The Labute approximate surface area is 117 Å². The molecule has 0 heterocycles. The van der Waals surface area contributed by atoms with E-state index in [9.17, 15) is 4.79 Å². The first-order chi connectivity index (χ1) is 9.15. The van der Waals surface area contributed by atoms with Crippen molar-refractivity contribution in [1.29, 1.82) is 0 Å². The predicted octanol–water partition coefficient (Wildman–Crippen LogP) is 3.43. The second kappa shape index (κ2) is 6.25. The zero-order valence-corrected chi connectivity index (χ0v) is 11.0. The zero-order chi connectivity index (χ0) is 13.7. The molecule has 98 valence electrons. The Morgan fingerprint density at radius 2 is 1.68 bits per heavy atom. The first-order valence-electron chi connectivity index (χ1n) is 5.91. The smallest absolute Gasteiger partial charge is 0.323 e. The van der Waals surface area contributed by atoms with E-state index in [0.717, 1.165) is 11.3 Å². The van der Waals surface area contributed by atoms with E-state index in [4.69, 9.17) is 16.7 Å². The topological polar surface area (TPSA) is 40.5 Å². The largest absolute Gasteiger partial charge is 0.480 e. The molecule has 0 radical (unpaired) electrons. The molecule has 0 atom stereocenters. The molecule has 0 spiro atoms. The van der Waals surface area contributed by atoms with Gasteiger partial charge in [0.15, 0.2) is 0 Å². The highest BCUT2D eigenvalue weighted by atomic mass is 35.5. The summed E-state index contributed by atoms with van der Waals surface area (Å²) in [6, 6.07) is 16.9. The van der Waals surface area contributed by atoms with E-state index in [1.54, 1.807) is 17.0 Å². The summed E-state index contributed by atoms with van der Waals surface area (Å²) in [7, 11) is 0. The third kappa shape index (κ3) is 4.00. The van der Waals surface area contributed by atoms with Crippen LogP contribution in [0.3, 0.4) is 0 Å². The van der Waals surface area contributed by atoms with Crippen molar-refractivity contribution in [2.24, 2.45) is 0 Å². The fraction of sp³-hybridized carbons (Fsp3) is 0.133. The second-order valence-corrected chi connectivity index (χ2v) is 4.65. The Morgan fingerprint density at radius 3 is 2.26 bits per heavy atom. The SMILES string of the molecule is O=C(O)CN(Cc1ccccc1)c1ccc(Cl)cc1. The van der Waals surface area contributed by atoms with E-state index in [0.29, 0.717) is 11.6 Å². The number of anilines is 1. The van der Waals surface area contributed by atoms with Crippen molar-refractivity contribution in [2.75, 3.05) is 11.4 Å². The minimum absolute atomic E-state index is 0.0451. The van der Waals surface area contributed by atoms with Crippen LogP contribution in [0.15, 0.2) is 54.6 Å². The Balaban J connectivity index is 2.20. The molecule has 0 unspecified atom stereocenters. The molecule has 0 saturated carbocycles. The van der Waals surface area contributed by atoms with Crippen molar-refractivity contribution in [2.45, 2.75) is 6.54 Å². The number of benzene rings is 2. The molecule has 2 rings (SSSR count). The van der Waals surface area contributed by atoms with Gasteiger partial charge in [0.05, 0.1) is 0 Å². The van der Waals surface area contributed by atoms with Gasteiger partial charge in [-0.2, -0.15) is 0 Å². The van der Waals surface area contributed by atoms with Crippen LogP contribution in [0.2, 0.25) is 5.02 Å². The fourth-order valence-electron chi connectivity index (χ4n) is 1.86. The van der Waals surface area contributed by atoms with Crippen molar-refractivity contribution in [3.05, 3.63) is 65.2 Å². The highest BCUT2D eigenvalue weighted by molar-refractivity contribution is 6.30. The average molecular weight is 276 g/mol. The summed E-state index contributed by atoms with van der Waals surface area (Å²) < 4.78 is 0. The van der Waals surface area contributed by atoms with E-state index in [-0.39, 0.29) is 6.54 Å². The first kappa shape index (κ1) is 13.4. The quantitative estimate of drug-likeness (QED) is 0.909. The van der Waals surface area contributed by atoms with E-state index >= 15 is 0 Å². The highest BCUT2D eigenvalue weighted by Crippen LogP contribution is 2.20. The number of carboxylic acid groups (broad SMARTS) is 1. The molecule has 0 aromatic heterocycles. The van der Waals surface area contributed by atoms with Crippen LogP contribution in [0, 0.1) is 0 Å². The number of nitrogens with zero attached hydrogens (tertiary/aromatic N) is 1. The maximum Gasteiger partial charge on any atom is 0.323 e. The van der Waals surface area contributed by atoms with Gasteiger partial charge in [-0.3, -0.25) is 4.79 Å². The summed E-state index contributed by atoms with van der Waals surface area (Å²) in [6.07, 6.45) is 0. The van der Waals surface area contributed by atoms with Crippen LogP contribution in [0.1, 0.15) is 5.56 Å². The lowest BCUT2D eigenvalue weighted by Gasteiger charge is -2.23. The van der Waals surface area contributed by atoms with Crippen molar-refractivity contribution < 1.29 is 9.90 Å². The van der Waals surface area contributed by atoms with E-state index < -0.39 is 5.97 Å². The molecule has 0 bridgehead atoms. The summed E-state index contributed by atoms with van der Waals surface area (Å²) in [6.45, 7) is 0.505. The monoisotopic (exact) mass is 275 g/mol. The molecule has 0 saturated heterocycles. The van der Waals surface area contributed by atoms with Gasteiger partial charge >= 0.3 is 5.97 Å². The van der Waals surface area contributed by atoms with Gasteiger partial charge < -0.3 is 10.0 Å². The number of rotatable bonds is 5. The second-order valence-electron chi connectivity index (χ2n) is 4.21. The van der Waals surface area contributed by atoms with Gasteiger partial charge in [0, 0.05) is 17.3 Å². The Bertz CT molecular complexity index is 540. The third-order valence-corrected chi connectivity index (χ3v) is 2.99. The van der Waals surface area contributed by atoms with Gasteiger partial charge in [0.2, 0.25) is 0 Å². The number of aliphatic carboxylic acids is 1. The molecule has 4 heteroatoms. The van der Waals surface area contributed by atoms with Gasteiger partial charge in [0.1, 0.15) is 6.54 Å². The number of hydrogen-bond acceptors (Lipinski definition) is 2. The molecule has 19 heavy (non-hydrogen) atoms. The minimum atomic E-state index is -0.856. The molecular formula is C15H14ClNO2. The third-order valence-electron chi connectivity index (χ3n) is 2.73. The summed E-state index contributed by atoms with van der Waals surface area (Å²) in [5, 5.41) is 9.65. The van der Waals surface area contributed by atoms with Crippen LogP contribution >= 0.6 is 11.6 Å². The average Bonchev–Trinajstić information content (AvgIpc) is 2.39. The number of carbonyl (C=O) groups is 1. The van der Waals surface area contributed by atoms with Gasteiger partial charge in [0.25, 0.3) is 0 Å². The normalized spacial score (nSPS) is 10.2. The van der Waals surface area contributed by atoms with Gasteiger partial charge in [-0.15, -0.1) is 0 Å². The summed E-state index contributed by atoms with van der Waals surface area (Å²) in [4.78, 5) is 12.8. The van der Waals surface area contributed by atoms with Crippen molar-refractivity contribution in [3.63, 3.8) is 0 Å². The molecule has 0 aliphatic rings. The molecule has 2 aromatic carbocycles. The maximum absolute atomic E-state index is 11.0. The molecule has 3 nitrogen and oxygen atoms in total. The van der Waals surface area contributed by atoms with E-state index in [1.165, 1.54) is 0 Å². The van der Waals surface area contributed by atoms with Crippen LogP contribution < -0.4 is 4.90 Å². The molecule has 0 aliphatic heterocycles. The van der Waals surface area contributed by atoms with E-state index in [1.807, 2.05) is 42.5 Å². The van der Waals surface area contributed by atoms with Crippen LogP contribution in [-0.2, 0) is 11.3 Å². The number of halogens is 1. The maximum atomic E-state index is 11.0. The van der Waals surface area contributed by atoms with Crippen LogP contribution in [0.25, 0.3) is 0 Å². The lowest BCUT2D eigenvalue weighted by atomic mass is 10.2. The van der Waals surface area contributed by atoms with Crippen molar-refractivity contribution in [1.82, 2.24) is 0 Å². The Morgan fingerprint density at radius 1 is 1.05 bits per heavy atom. The zero-order valence-electron chi connectivity index (χ0n) is 10.3. The Hall–Kier alpha value is -2.00. The standard InChI is InChI=1S/C15H14ClNO2/c16-13-6-8-14(9-7-13)17(11-15(18)19)10-12-4-2-1-3-5-12/h1-9H,10-11H2,(H,18,19). The summed E-state index contributed by atoms with van der Waals surface area (Å²) >= 11 is 5.85. The number of hydrogen-bond donors (Lipinski definition) is 1. The summed E-state index contributed by atoms with van der Waals surface area (Å²) in [5.74, 6) is -0.856. The van der Waals surface area contributed by atoms with Crippen LogP contribution in [0.4, 0.5) is 5.69 Å². The van der Waals surface area contributed by atoms with Gasteiger partial charge in [-0.1, -0.05) is 41.9 Å². The summed E-state index contributed by atoms with van der Waals surface area (Å²) in [5.41, 5.74) is 1.91. The molecule has 0 aliphatic carbocycles. The van der Waals surface area contributed by atoms with Crippen LogP contribution in [0.5, 0.6) is 0 Å². The lowest BCUT2D eigenvalue weighted by Crippen LogP contribution is -2.29. The first-order valence-corrected chi connectivity index (χ1v) is 6.29. The van der Waals surface area contributed by atoms with Crippen molar-refractivity contribution >= 4 is 23.3 Å². The lowest BCUT2D eigenvalue weighted by molar-refractivity contribution is -0.135. The molecular weight excluding hydrogens is 262 g/mol. The minimum Gasteiger partial charge on any atom is -0.480 e. The van der Waals surface area contributed by atoms with Gasteiger partial charge in [-0.05, 0) is 29.8 Å². The molecule has 0 amide bonds.